The first-order valence-corrected chi connectivity index (χ1v) is 8.14. The van der Waals surface area contributed by atoms with Crippen molar-refractivity contribution in [3.8, 4) is 11.3 Å². The largest absolute Gasteiger partial charge is 0.376 e. The number of hydrogen-bond donors (Lipinski definition) is 1. The van der Waals surface area contributed by atoms with E-state index in [0.29, 0.717) is 18.8 Å². The molecule has 6 nitrogen and oxygen atoms in total. The van der Waals surface area contributed by atoms with Gasteiger partial charge in [0.05, 0.1) is 18.0 Å². The Labute approximate surface area is 139 Å². The monoisotopic (exact) mass is 337 g/mol. The zero-order valence-corrected chi connectivity index (χ0v) is 13.8. The van der Waals surface area contributed by atoms with E-state index in [2.05, 4.69) is 20.4 Å². The van der Waals surface area contributed by atoms with Gasteiger partial charge in [0.1, 0.15) is 5.69 Å². The summed E-state index contributed by atoms with van der Waals surface area (Å²) >= 11 is 0. The molecule has 1 aliphatic rings. The third-order valence-corrected chi connectivity index (χ3v) is 4.16. The van der Waals surface area contributed by atoms with Gasteiger partial charge in [-0.3, -0.25) is 4.68 Å². The van der Waals surface area contributed by atoms with Crippen LogP contribution < -0.4 is 5.32 Å². The SMILES string of the molecule is CCn1ncc(-c2cc(C(F)F)nc(NCC3CCCO3)n2)c1C. The quantitative estimate of drug-likeness (QED) is 0.877. The Morgan fingerprint density at radius 2 is 2.25 bits per heavy atom. The van der Waals surface area contributed by atoms with Crippen LogP contribution in [0.3, 0.4) is 0 Å². The summed E-state index contributed by atoms with van der Waals surface area (Å²) in [5, 5.41) is 7.28. The summed E-state index contributed by atoms with van der Waals surface area (Å²) in [5.41, 5.74) is 1.79. The Bertz CT molecular complexity index is 698. The molecule has 1 aliphatic heterocycles. The van der Waals surface area contributed by atoms with Crippen molar-refractivity contribution in [2.75, 3.05) is 18.5 Å². The maximum absolute atomic E-state index is 13.2. The van der Waals surface area contributed by atoms with Crippen LogP contribution in [0.1, 0.15) is 37.6 Å². The molecule has 0 aliphatic carbocycles. The van der Waals surface area contributed by atoms with Gasteiger partial charge >= 0.3 is 0 Å². The van der Waals surface area contributed by atoms with Crippen LogP contribution in [0.15, 0.2) is 12.3 Å². The lowest BCUT2D eigenvalue weighted by Crippen LogP contribution is -2.20. The van der Waals surface area contributed by atoms with Gasteiger partial charge in [-0.15, -0.1) is 0 Å². The molecule has 0 saturated carbocycles. The van der Waals surface area contributed by atoms with Gasteiger partial charge in [0.2, 0.25) is 5.95 Å². The number of nitrogens with one attached hydrogen (secondary N) is 1. The number of ether oxygens (including phenoxy) is 1. The second-order valence-corrected chi connectivity index (χ2v) is 5.78. The molecule has 1 unspecified atom stereocenters. The van der Waals surface area contributed by atoms with Crippen LogP contribution in [0.5, 0.6) is 0 Å². The lowest BCUT2D eigenvalue weighted by Gasteiger charge is -2.12. The fourth-order valence-corrected chi connectivity index (χ4v) is 2.82. The molecule has 2 aromatic heterocycles. The highest BCUT2D eigenvalue weighted by Crippen LogP contribution is 2.27. The summed E-state index contributed by atoms with van der Waals surface area (Å²) in [5.74, 6) is 0.196. The topological polar surface area (TPSA) is 64.9 Å². The highest BCUT2D eigenvalue weighted by Gasteiger charge is 2.19. The van der Waals surface area contributed by atoms with Gasteiger partial charge in [0.25, 0.3) is 6.43 Å². The molecular weight excluding hydrogens is 316 g/mol. The van der Waals surface area contributed by atoms with Crippen LogP contribution in [0, 0.1) is 6.92 Å². The summed E-state index contributed by atoms with van der Waals surface area (Å²) in [6, 6.07) is 1.33. The van der Waals surface area contributed by atoms with Gasteiger partial charge in [-0.05, 0) is 32.8 Å². The fourth-order valence-electron chi connectivity index (χ4n) is 2.82. The maximum atomic E-state index is 13.2. The van der Waals surface area contributed by atoms with Crippen molar-refractivity contribution in [3.63, 3.8) is 0 Å². The first-order valence-electron chi connectivity index (χ1n) is 8.14. The van der Waals surface area contributed by atoms with Gasteiger partial charge in [0.15, 0.2) is 0 Å². The molecule has 0 radical (unpaired) electrons. The molecule has 0 bridgehead atoms. The number of nitrogens with zero attached hydrogens (tertiary/aromatic N) is 4. The minimum absolute atomic E-state index is 0.0804. The number of aryl methyl sites for hydroxylation is 1. The molecule has 2 aromatic rings. The number of rotatable bonds is 6. The number of hydrogen-bond acceptors (Lipinski definition) is 5. The van der Waals surface area contributed by atoms with Crippen LogP contribution in [0.4, 0.5) is 14.7 Å². The van der Waals surface area contributed by atoms with Crippen molar-refractivity contribution in [2.45, 2.75) is 45.8 Å². The molecule has 8 heteroatoms. The maximum Gasteiger partial charge on any atom is 0.280 e. The van der Waals surface area contributed by atoms with E-state index in [4.69, 9.17) is 4.74 Å². The first kappa shape index (κ1) is 16.8. The van der Waals surface area contributed by atoms with Gasteiger partial charge in [-0.2, -0.15) is 5.10 Å². The number of halogens is 2. The Balaban J connectivity index is 1.88. The molecule has 1 saturated heterocycles. The predicted octanol–water partition coefficient (Wildman–Crippen LogP) is 3.20. The Hall–Kier alpha value is -2.09. The van der Waals surface area contributed by atoms with E-state index in [1.807, 2.05) is 13.8 Å². The van der Waals surface area contributed by atoms with Gasteiger partial charge in [0, 0.05) is 31.0 Å². The zero-order valence-electron chi connectivity index (χ0n) is 13.8. The summed E-state index contributed by atoms with van der Waals surface area (Å²) in [7, 11) is 0. The predicted molar refractivity (Wildman–Crippen MR) is 86.1 cm³/mol. The number of anilines is 1. The van der Waals surface area contributed by atoms with Gasteiger partial charge in [-0.1, -0.05) is 0 Å². The van der Waals surface area contributed by atoms with E-state index in [0.717, 1.165) is 30.7 Å². The average molecular weight is 337 g/mol. The molecule has 0 amide bonds. The van der Waals surface area contributed by atoms with E-state index in [1.165, 1.54) is 6.07 Å². The second kappa shape index (κ2) is 7.21. The summed E-state index contributed by atoms with van der Waals surface area (Å²) in [4.78, 5) is 8.31. The van der Waals surface area contributed by atoms with Crippen molar-refractivity contribution in [1.82, 2.24) is 19.7 Å². The van der Waals surface area contributed by atoms with Crippen LogP contribution >= 0.6 is 0 Å². The molecule has 0 spiro atoms. The zero-order chi connectivity index (χ0) is 17.1. The lowest BCUT2D eigenvalue weighted by atomic mass is 10.1. The van der Waals surface area contributed by atoms with Crippen molar-refractivity contribution >= 4 is 5.95 Å². The molecular formula is C16H21F2N5O. The van der Waals surface area contributed by atoms with Gasteiger partial charge < -0.3 is 10.1 Å². The molecule has 1 atom stereocenters. The molecule has 0 aromatic carbocycles. The van der Waals surface area contributed by atoms with E-state index in [9.17, 15) is 8.78 Å². The molecule has 3 heterocycles. The van der Waals surface area contributed by atoms with E-state index in [-0.39, 0.29) is 17.7 Å². The van der Waals surface area contributed by atoms with Crippen LogP contribution in [0.2, 0.25) is 0 Å². The third-order valence-electron chi connectivity index (χ3n) is 4.16. The Morgan fingerprint density at radius 3 is 2.88 bits per heavy atom. The lowest BCUT2D eigenvalue weighted by molar-refractivity contribution is 0.120. The first-order chi connectivity index (χ1) is 11.6. The highest BCUT2D eigenvalue weighted by molar-refractivity contribution is 5.62. The number of aromatic nitrogens is 4. The standard InChI is InChI=1S/C16H21F2N5O/c1-3-23-10(2)12(9-20-23)13-7-14(15(17)18)22-16(21-13)19-8-11-5-4-6-24-11/h7,9,11,15H,3-6,8H2,1-2H3,(H,19,21,22). The van der Waals surface area contributed by atoms with Crippen LogP contribution in [0.25, 0.3) is 11.3 Å². The summed E-state index contributed by atoms with van der Waals surface area (Å²) < 4.78 is 33.7. The van der Waals surface area contributed by atoms with Crippen molar-refractivity contribution < 1.29 is 13.5 Å². The minimum Gasteiger partial charge on any atom is -0.376 e. The van der Waals surface area contributed by atoms with Crippen molar-refractivity contribution in [3.05, 3.63) is 23.7 Å². The number of alkyl halides is 2. The van der Waals surface area contributed by atoms with E-state index < -0.39 is 6.43 Å². The molecule has 130 valence electrons. The third kappa shape index (κ3) is 3.53. The van der Waals surface area contributed by atoms with Gasteiger partial charge in [-0.25, -0.2) is 18.7 Å². The summed E-state index contributed by atoms with van der Waals surface area (Å²) in [6.07, 6.45) is 1.05. The minimum atomic E-state index is -2.66. The summed E-state index contributed by atoms with van der Waals surface area (Å²) in [6.45, 7) is 5.84. The van der Waals surface area contributed by atoms with E-state index >= 15 is 0 Å². The Kier molecular flexibility index (Phi) is 5.03. The molecule has 24 heavy (non-hydrogen) atoms. The highest BCUT2D eigenvalue weighted by atomic mass is 19.3. The van der Waals surface area contributed by atoms with Crippen LogP contribution in [-0.4, -0.2) is 39.0 Å². The average Bonchev–Trinajstić information content (AvgIpc) is 3.22. The fraction of sp³-hybridized carbons (Fsp3) is 0.562. The van der Waals surface area contributed by atoms with Crippen LogP contribution in [-0.2, 0) is 11.3 Å². The smallest absolute Gasteiger partial charge is 0.280 e. The van der Waals surface area contributed by atoms with Crippen molar-refractivity contribution in [1.29, 1.82) is 0 Å². The molecule has 1 fully saturated rings. The van der Waals surface area contributed by atoms with E-state index in [1.54, 1.807) is 10.9 Å². The second-order valence-electron chi connectivity index (χ2n) is 5.78. The molecule has 3 rings (SSSR count). The molecule has 1 N–H and O–H groups in total. The van der Waals surface area contributed by atoms with Crippen molar-refractivity contribution in [2.24, 2.45) is 0 Å². The normalized spacial score (nSPS) is 17.6. The Morgan fingerprint density at radius 1 is 1.42 bits per heavy atom.